The Morgan fingerprint density at radius 3 is 2.94 bits per heavy atom. The Labute approximate surface area is 102 Å². The third kappa shape index (κ3) is 2.69. The maximum absolute atomic E-state index is 6.01. The van der Waals surface area contributed by atoms with Crippen molar-refractivity contribution in [1.82, 2.24) is 4.90 Å². The molecular weight excluding hydrogens is 220 g/mol. The quantitative estimate of drug-likeness (QED) is 0.820. The lowest BCUT2D eigenvalue weighted by molar-refractivity contribution is 0.315. The molecule has 1 fully saturated rings. The molecule has 1 aromatic carbocycles. The third-order valence-electron chi connectivity index (χ3n) is 3.42. The fourth-order valence-corrected chi connectivity index (χ4v) is 2.52. The summed E-state index contributed by atoms with van der Waals surface area (Å²) in [5.41, 5.74) is 7.62. The summed E-state index contributed by atoms with van der Waals surface area (Å²) in [7, 11) is 0. The van der Waals surface area contributed by atoms with Crippen LogP contribution in [0.1, 0.15) is 25.3 Å². The molecule has 0 bridgehead atoms. The number of benzene rings is 1. The minimum atomic E-state index is 0.665. The second-order valence-corrected chi connectivity index (χ2v) is 5.06. The van der Waals surface area contributed by atoms with Crippen molar-refractivity contribution in [2.45, 2.75) is 26.3 Å². The summed E-state index contributed by atoms with van der Waals surface area (Å²) < 4.78 is 0. The summed E-state index contributed by atoms with van der Waals surface area (Å²) in [6.07, 6.45) is 2.62. The molecule has 2 rings (SSSR count). The van der Waals surface area contributed by atoms with Crippen molar-refractivity contribution in [2.75, 3.05) is 18.8 Å². The molecule has 2 N–H and O–H groups in total. The van der Waals surface area contributed by atoms with Crippen LogP contribution in [0.4, 0.5) is 5.69 Å². The van der Waals surface area contributed by atoms with E-state index in [1.165, 1.54) is 31.5 Å². The number of nitrogens with two attached hydrogens (primary N) is 1. The molecule has 1 aliphatic heterocycles. The van der Waals surface area contributed by atoms with Gasteiger partial charge < -0.3 is 5.73 Å². The molecule has 0 saturated carbocycles. The van der Waals surface area contributed by atoms with Gasteiger partial charge in [-0.25, -0.2) is 0 Å². The molecule has 1 heterocycles. The van der Waals surface area contributed by atoms with Crippen molar-refractivity contribution in [3.63, 3.8) is 0 Å². The van der Waals surface area contributed by atoms with Crippen LogP contribution in [0.3, 0.4) is 0 Å². The summed E-state index contributed by atoms with van der Waals surface area (Å²) in [6.45, 7) is 5.70. The molecule has 1 atom stereocenters. The van der Waals surface area contributed by atoms with E-state index >= 15 is 0 Å². The third-order valence-corrected chi connectivity index (χ3v) is 3.75. The second-order valence-electron chi connectivity index (χ2n) is 4.65. The molecule has 2 nitrogen and oxygen atoms in total. The van der Waals surface area contributed by atoms with Crippen LogP contribution in [-0.4, -0.2) is 18.0 Å². The lowest BCUT2D eigenvalue weighted by atomic mass is 10.1. The number of anilines is 1. The van der Waals surface area contributed by atoms with E-state index < -0.39 is 0 Å². The van der Waals surface area contributed by atoms with E-state index in [-0.39, 0.29) is 0 Å². The van der Waals surface area contributed by atoms with E-state index in [9.17, 15) is 0 Å². The molecule has 0 radical (unpaired) electrons. The van der Waals surface area contributed by atoms with Gasteiger partial charge in [0, 0.05) is 13.1 Å². The Morgan fingerprint density at radius 2 is 2.31 bits per heavy atom. The highest BCUT2D eigenvalue weighted by molar-refractivity contribution is 6.33. The van der Waals surface area contributed by atoms with Crippen molar-refractivity contribution in [2.24, 2.45) is 5.92 Å². The normalized spacial score (nSPS) is 21.5. The number of hydrogen-bond donors (Lipinski definition) is 1. The molecule has 88 valence electrons. The molecular formula is C13H19ClN2. The van der Waals surface area contributed by atoms with Gasteiger partial charge in [-0.2, -0.15) is 0 Å². The van der Waals surface area contributed by atoms with Crippen molar-refractivity contribution in [3.8, 4) is 0 Å². The predicted octanol–water partition coefficient (Wildman–Crippen LogP) is 3.15. The van der Waals surface area contributed by atoms with Crippen molar-refractivity contribution >= 4 is 17.3 Å². The molecule has 1 saturated heterocycles. The monoisotopic (exact) mass is 238 g/mol. The van der Waals surface area contributed by atoms with Gasteiger partial charge in [0.15, 0.2) is 0 Å². The van der Waals surface area contributed by atoms with Crippen LogP contribution < -0.4 is 5.73 Å². The molecule has 1 unspecified atom stereocenters. The molecule has 0 aliphatic carbocycles. The summed E-state index contributed by atoms with van der Waals surface area (Å²) >= 11 is 6.01. The maximum atomic E-state index is 6.01. The first-order chi connectivity index (χ1) is 7.69. The van der Waals surface area contributed by atoms with Crippen LogP contribution in [-0.2, 0) is 6.54 Å². The fourth-order valence-electron chi connectivity index (χ4n) is 2.32. The first-order valence-electron chi connectivity index (χ1n) is 5.95. The van der Waals surface area contributed by atoms with Crippen LogP contribution in [0, 0.1) is 5.92 Å². The Balaban J connectivity index is 1.97. The Hall–Kier alpha value is -0.730. The summed E-state index contributed by atoms with van der Waals surface area (Å²) in [5.74, 6) is 0.879. The number of nitrogen functional groups attached to an aromatic ring is 1. The second kappa shape index (κ2) is 5.07. The zero-order chi connectivity index (χ0) is 11.5. The first kappa shape index (κ1) is 11.7. The average Bonchev–Trinajstić information content (AvgIpc) is 2.71. The Morgan fingerprint density at radius 1 is 1.50 bits per heavy atom. The van der Waals surface area contributed by atoms with E-state index in [1.54, 1.807) is 0 Å². The Bertz CT molecular complexity index is 365. The van der Waals surface area contributed by atoms with E-state index in [0.29, 0.717) is 10.7 Å². The molecule has 0 aromatic heterocycles. The van der Waals surface area contributed by atoms with Crippen LogP contribution >= 0.6 is 11.6 Å². The van der Waals surface area contributed by atoms with Crippen LogP contribution in [0.15, 0.2) is 18.2 Å². The zero-order valence-electron chi connectivity index (χ0n) is 9.75. The average molecular weight is 239 g/mol. The van der Waals surface area contributed by atoms with Gasteiger partial charge in [-0.15, -0.1) is 0 Å². The van der Waals surface area contributed by atoms with E-state index in [1.807, 2.05) is 12.1 Å². The van der Waals surface area contributed by atoms with Gasteiger partial charge in [0.05, 0.1) is 10.7 Å². The first-order valence-corrected chi connectivity index (χ1v) is 6.33. The Kier molecular flexibility index (Phi) is 3.72. The number of halogens is 1. The van der Waals surface area contributed by atoms with Crippen LogP contribution in [0.25, 0.3) is 0 Å². The molecule has 3 heteroatoms. The zero-order valence-corrected chi connectivity index (χ0v) is 10.5. The largest absolute Gasteiger partial charge is 0.398 e. The van der Waals surface area contributed by atoms with Crippen molar-refractivity contribution in [1.29, 1.82) is 0 Å². The van der Waals surface area contributed by atoms with Crippen LogP contribution in [0.2, 0.25) is 5.02 Å². The minimum Gasteiger partial charge on any atom is -0.398 e. The van der Waals surface area contributed by atoms with Gasteiger partial charge in [-0.05, 0) is 36.6 Å². The lowest BCUT2D eigenvalue weighted by Gasteiger charge is -2.16. The SMILES string of the molecule is CCC1CCN(Cc2ccc(N)c(Cl)c2)C1. The molecule has 1 aliphatic rings. The number of likely N-dealkylation sites (tertiary alicyclic amines) is 1. The van der Waals surface area contributed by atoms with Crippen LogP contribution in [0.5, 0.6) is 0 Å². The molecule has 0 spiro atoms. The van der Waals surface area contributed by atoms with Gasteiger partial charge in [0.1, 0.15) is 0 Å². The van der Waals surface area contributed by atoms with Crippen molar-refractivity contribution in [3.05, 3.63) is 28.8 Å². The predicted molar refractivity (Wildman–Crippen MR) is 69.5 cm³/mol. The summed E-state index contributed by atoms with van der Waals surface area (Å²) in [5, 5.41) is 0.670. The van der Waals surface area contributed by atoms with Gasteiger partial charge in [-0.3, -0.25) is 4.90 Å². The molecule has 0 amide bonds. The number of rotatable bonds is 3. The standard InChI is InChI=1S/C13H19ClN2/c1-2-10-5-6-16(8-10)9-11-3-4-13(15)12(14)7-11/h3-4,7,10H,2,5-6,8-9,15H2,1H3. The van der Waals surface area contributed by atoms with Gasteiger partial charge >= 0.3 is 0 Å². The minimum absolute atomic E-state index is 0.665. The highest BCUT2D eigenvalue weighted by Gasteiger charge is 2.20. The molecule has 16 heavy (non-hydrogen) atoms. The van der Waals surface area contributed by atoms with Gasteiger partial charge in [-0.1, -0.05) is 31.0 Å². The maximum Gasteiger partial charge on any atom is 0.0638 e. The van der Waals surface area contributed by atoms with E-state index in [0.717, 1.165) is 12.5 Å². The highest BCUT2D eigenvalue weighted by atomic mass is 35.5. The lowest BCUT2D eigenvalue weighted by Crippen LogP contribution is -2.19. The smallest absolute Gasteiger partial charge is 0.0638 e. The summed E-state index contributed by atoms with van der Waals surface area (Å²) in [6, 6.07) is 5.95. The van der Waals surface area contributed by atoms with E-state index in [2.05, 4.69) is 17.9 Å². The van der Waals surface area contributed by atoms with Gasteiger partial charge in [0.25, 0.3) is 0 Å². The topological polar surface area (TPSA) is 29.3 Å². The number of hydrogen-bond acceptors (Lipinski definition) is 2. The van der Waals surface area contributed by atoms with Crippen molar-refractivity contribution < 1.29 is 0 Å². The van der Waals surface area contributed by atoms with Gasteiger partial charge in [0.2, 0.25) is 0 Å². The van der Waals surface area contributed by atoms with E-state index in [4.69, 9.17) is 17.3 Å². The molecule has 1 aromatic rings. The number of nitrogens with zero attached hydrogens (tertiary/aromatic N) is 1. The highest BCUT2D eigenvalue weighted by Crippen LogP contribution is 2.24. The fraction of sp³-hybridized carbons (Fsp3) is 0.538. The summed E-state index contributed by atoms with van der Waals surface area (Å²) in [4.78, 5) is 2.50.